The smallest absolute Gasteiger partial charge is 0.314 e. The first-order valence-electron chi connectivity index (χ1n) is 5.65. The van der Waals surface area contributed by atoms with Gasteiger partial charge in [-0.3, -0.25) is 0 Å². The molecule has 1 aromatic rings. The van der Waals surface area contributed by atoms with E-state index in [9.17, 15) is 9.18 Å². The van der Waals surface area contributed by atoms with Crippen LogP contribution in [0.15, 0.2) is 36.0 Å². The molecule has 2 N–H and O–H groups in total. The zero-order valence-electron chi connectivity index (χ0n) is 9.66. The van der Waals surface area contributed by atoms with Crippen LogP contribution in [-0.2, 0) is 0 Å². The van der Waals surface area contributed by atoms with Crippen molar-refractivity contribution in [2.45, 2.75) is 19.8 Å². The van der Waals surface area contributed by atoms with Gasteiger partial charge in [0.25, 0.3) is 0 Å². The number of carbonyl (C=O) groups excluding carboxylic acids is 1. The van der Waals surface area contributed by atoms with Crippen LogP contribution in [0, 0.1) is 11.7 Å². The Kier molecular flexibility index (Phi) is 3.42. The van der Waals surface area contributed by atoms with Crippen molar-refractivity contribution in [2.24, 2.45) is 5.92 Å². The Hall–Kier alpha value is -1.84. The summed E-state index contributed by atoms with van der Waals surface area (Å²) in [5.41, 5.74) is 1.62. The Morgan fingerprint density at radius 1 is 1.47 bits per heavy atom. The summed E-state index contributed by atoms with van der Waals surface area (Å²) < 4.78 is 12.9. The lowest BCUT2D eigenvalue weighted by Gasteiger charge is -2.05. The van der Waals surface area contributed by atoms with Crippen LogP contribution in [0.25, 0.3) is 0 Å². The van der Waals surface area contributed by atoms with E-state index in [1.54, 1.807) is 18.3 Å². The number of urea groups is 1. The Labute approximate surface area is 99.7 Å². The molecule has 0 heterocycles. The normalized spacial score (nSPS) is 15.5. The highest BCUT2D eigenvalue weighted by molar-refractivity contribution is 5.89. The maximum atomic E-state index is 12.9. The third-order valence-corrected chi connectivity index (χ3v) is 2.73. The molecular weight excluding hydrogens is 219 g/mol. The number of carbonyl (C=O) groups is 1. The largest absolute Gasteiger partial charge is 0.323 e. The Bertz CT molecular complexity index is 452. The summed E-state index contributed by atoms with van der Waals surface area (Å²) in [7, 11) is 0. The van der Waals surface area contributed by atoms with E-state index in [0.717, 1.165) is 0 Å². The molecule has 1 aromatic carbocycles. The third kappa shape index (κ3) is 3.59. The van der Waals surface area contributed by atoms with Gasteiger partial charge in [-0.2, -0.15) is 0 Å². The summed E-state index contributed by atoms with van der Waals surface area (Å²) in [6.07, 6.45) is 4.12. The molecule has 4 heteroatoms. The number of rotatable bonds is 3. The van der Waals surface area contributed by atoms with Crippen LogP contribution in [0.5, 0.6) is 0 Å². The SMILES string of the molecule is C/C(=C\NC(=O)Nc1cccc(F)c1)C1CC1. The first-order valence-corrected chi connectivity index (χ1v) is 5.65. The number of hydrogen-bond acceptors (Lipinski definition) is 1. The van der Waals surface area contributed by atoms with Crippen LogP contribution in [0.3, 0.4) is 0 Å². The molecule has 1 aliphatic carbocycles. The molecule has 0 aliphatic heterocycles. The number of benzene rings is 1. The fourth-order valence-corrected chi connectivity index (χ4v) is 1.57. The lowest BCUT2D eigenvalue weighted by atomic mass is 10.2. The van der Waals surface area contributed by atoms with E-state index in [0.29, 0.717) is 11.6 Å². The predicted octanol–water partition coefficient (Wildman–Crippen LogP) is 3.26. The summed E-state index contributed by atoms with van der Waals surface area (Å²) >= 11 is 0. The third-order valence-electron chi connectivity index (χ3n) is 2.73. The first kappa shape index (κ1) is 11.6. The van der Waals surface area contributed by atoms with E-state index in [1.807, 2.05) is 6.92 Å². The number of allylic oxidation sites excluding steroid dienone is 1. The zero-order valence-corrected chi connectivity index (χ0v) is 9.66. The van der Waals surface area contributed by atoms with Crippen LogP contribution < -0.4 is 10.6 Å². The predicted molar refractivity (Wildman–Crippen MR) is 65.0 cm³/mol. The topological polar surface area (TPSA) is 41.1 Å². The van der Waals surface area contributed by atoms with Crippen LogP contribution in [-0.4, -0.2) is 6.03 Å². The first-order chi connectivity index (χ1) is 8.15. The van der Waals surface area contributed by atoms with Gasteiger partial charge < -0.3 is 10.6 Å². The highest BCUT2D eigenvalue weighted by Crippen LogP contribution is 2.35. The molecular formula is C13H15FN2O. The number of amides is 2. The van der Waals surface area contributed by atoms with Gasteiger partial charge in [-0.15, -0.1) is 0 Å². The minimum Gasteiger partial charge on any atom is -0.314 e. The molecule has 3 nitrogen and oxygen atoms in total. The van der Waals surface area contributed by atoms with Crippen molar-refractivity contribution in [3.05, 3.63) is 41.9 Å². The van der Waals surface area contributed by atoms with Crippen molar-refractivity contribution in [3.63, 3.8) is 0 Å². The van der Waals surface area contributed by atoms with Gasteiger partial charge >= 0.3 is 6.03 Å². The molecule has 1 aliphatic rings. The molecule has 90 valence electrons. The van der Waals surface area contributed by atoms with E-state index in [1.165, 1.54) is 30.5 Å². The maximum Gasteiger partial charge on any atom is 0.323 e. The molecule has 0 atom stereocenters. The maximum absolute atomic E-state index is 12.9. The van der Waals surface area contributed by atoms with Gasteiger partial charge in [0, 0.05) is 11.9 Å². The van der Waals surface area contributed by atoms with Crippen LogP contribution in [0.1, 0.15) is 19.8 Å². The lowest BCUT2D eigenvalue weighted by Crippen LogP contribution is -2.24. The second-order valence-corrected chi connectivity index (χ2v) is 4.27. The van der Waals surface area contributed by atoms with Gasteiger partial charge in [0.2, 0.25) is 0 Å². The number of halogens is 1. The Morgan fingerprint density at radius 3 is 2.88 bits per heavy atom. The molecule has 0 saturated heterocycles. The highest BCUT2D eigenvalue weighted by atomic mass is 19.1. The number of anilines is 1. The van der Waals surface area contributed by atoms with Gasteiger partial charge in [-0.05, 0) is 43.9 Å². The van der Waals surface area contributed by atoms with Gasteiger partial charge in [0.15, 0.2) is 0 Å². The zero-order chi connectivity index (χ0) is 12.3. The molecule has 0 aromatic heterocycles. The van der Waals surface area contributed by atoms with E-state index >= 15 is 0 Å². The Morgan fingerprint density at radius 2 is 2.24 bits per heavy atom. The van der Waals surface area contributed by atoms with E-state index in [4.69, 9.17) is 0 Å². The molecule has 1 saturated carbocycles. The fourth-order valence-electron chi connectivity index (χ4n) is 1.57. The number of hydrogen-bond donors (Lipinski definition) is 2. The summed E-state index contributed by atoms with van der Waals surface area (Å²) in [4.78, 5) is 11.5. The summed E-state index contributed by atoms with van der Waals surface area (Å²) in [6, 6.07) is 5.45. The fraction of sp³-hybridized carbons (Fsp3) is 0.308. The van der Waals surface area contributed by atoms with Crippen molar-refractivity contribution in [3.8, 4) is 0 Å². The van der Waals surface area contributed by atoms with Crippen LogP contribution >= 0.6 is 0 Å². The van der Waals surface area contributed by atoms with Crippen LogP contribution in [0.4, 0.5) is 14.9 Å². The van der Waals surface area contributed by atoms with Crippen molar-refractivity contribution in [1.29, 1.82) is 0 Å². The quantitative estimate of drug-likeness (QED) is 0.828. The van der Waals surface area contributed by atoms with Crippen molar-refractivity contribution < 1.29 is 9.18 Å². The molecule has 17 heavy (non-hydrogen) atoms. The summed E-state index contributed by atoms with van der Waals surface area (Å²) in [6.45, 7) is 2.00. The number of nitrogens with one attached hydrogen (secondary N) is 2. The lowest BCUT2D eigenvalue weighted by molar-refractivity contribution is 0.255. The second-order valence-electron chi connectivity index (χ2n) is 4.27. The van der Waals surface area contributed by atoms with Crippen molar-refractivity contribution in [1.82, 2.24) is 5.32 Å². The van der Waals surface area contributed by atoms with E-state index < -0.39 is 0 Å². The van der Waals surface area contributed by atoms with Crippen molar-refractivity contribution >= 4 is 11.7 Å². The van der Waals surface area contributed by atoms with E-state index in [-0.39, 0.29) is 11.8 Å². The molecule has 0 bridgehead atoms. The van der Waals surface area contributed by atoms with Crippen LogP contribution in [0.2, 0.25) is 0 Å². The van der Waals surface area contributed by atoms with Gasteiger partial charge in [0.1, 0.15) is 5.82 Å². The van der Waals surface area contributed by atoms with Crippen molar-refractivity contribution in [2.75, 3.05) is 5.32 Å². The second kappa shape index (κ2) is 4.99. The van der Waals surface area contributed by atoms with Gasteiger partial charge in [-0.1, -0.05) is 11.6 Å². The molecule has 0 radical (unpaired) electrons. The molecule has 1 fully saturated rings. The van der Waals surface area contributed by atoms with E-state index in [2.05, 4.69) is 10.6 Å². The molecule has 0 unspecified atom stereocenters. The standard InChI is InChI=1S/C13H15FN2O/c1-9(10-5-6-10)8-15-13(17)16-12-4-2-3-11(14)7-12/h2-4,7-8,10H,5-6H2,1H3,(H2,15,16,17)/b9-8+. The molecule has 2 amide bonds. The highest BCUT2D eigenvalue weighted by Gasteiger charge is 2.22. The minimum atomic E-state index is -0.368. The molecule has 0 spiro atoms. The van der Waals surface area contributed by atoms with Gasteiger partial charge in [-0.25, -0.2) is 9.18 Å². The average Bonchev–Trinajstić information content (AvgIpc) is 3.09. The minimum absolute atomic E-state index is 0.351. The molecule has 2 rings (SSSR count). The average molecular weight is 234 g/mol. The monoisotopic (exact) mass is 234 g/mol. The van der Waals surface area contributed by atoms with Gasteiger partial charge in [0.05, 0.1) is 0 Å². The summed E-state index contributed by atoms with van der Waals surface area (Å²) in [5, 5.41) is 5.20. The Balaban J connectivity index is 1.86. The summed E-state index contributed by atoms with van der Waals surface area (Å²) in [5.74, 6) is 0.261.